The standard InChI is InChI=1S/C23H23N5O5/c1-27-23(32)19(13-18(26-27)16-4-2-3-15(11-16)12-21(29)30)25-20-6-5-17(14-24-20)22(31)28-7-9-33-10-8-28/h2-6,11,13-14H,7-10,12H2,1H3,(H,24,25)(H,29,30). The number of anilines is 2. The van der Waals surface area contributed by atoms with E-state index < -0.39 is 5.97 Å². The Hall–Kier alpha value is -4.05. The third-order valence-corrected chi connectivity index (χ3v) is 5.21. The van der Waals surface area contributed by atoms with Crippen LogP contribution >= 0.6 is 0 Å². The average molecular weight is 449 g/mol. The van der Waals surface area contributed by atoms with E-state index in [1.807, 2.05) is 0 Å². The second-order valence-electron chi connectivity index (χ2n) is 7.60. The summed E-state index contributed by atoms with van der Waals surface area (Å²) in [5, 5.41) is 16.3. The predicted octanol–water partition coefficient (Wildman–Crippen LogP) is 1.69. The molecular weight excluding hydrogens is 426 g/mol. The molecule has 1 aromatic carbocycles. The van der Waals surface area contributed by atoms with Crippen LogP contribution in [0.4, 0.5) is 11.5 Å². The van der Waals surface area contributed by atoms with Crippen molar-refractivity contribution in [3.63, 3.8) is 0 Å². The van der Waals surface area contributed by atoms with Gasteiger partial charge in [0, 0.05) is 31.9 Å². The Labute approximate surface area is 189 Å². The lowest BCUT2D eigenvalue weighted by molar-refractivity contribution is -0.136. The minimum atomic E-state index is -0.926. The number of aryl methyl sites for hydroxylation is 1. The zero-order valence-corrected chi connectivity index (χ0v) is 18.0. The van der Waals surface area contributed by atoms with E-state index in [1.54, 1.807) is 47.4 Å². The first-order chi connectivity index (χ1) is 15.9. The molecule has 3 aromatic rings. The summed E-state index contributed by atoms with van der Waals surface area (Å²) in [6.45, 7) is 2.13. The Balaban J connectivity index is 1.56. The summed E-state index contributed by atoms with van der Waals surface area (Å²) in [4.78, 5) is 42.2. The Kier molecular flexibility index (Phi) is 6.45. The quantitative estimate of drug-likeness (QED) is 0.582. The van der Waals surface area contributed by atoms with Crippen LogP contribution in [0.15, 0.2) is 53.5 Å². The maximum absolute atomic E-state index is 12.6. The van der Waals surface area contributed by atoms with Crippen molar-refractivity contribution >= 4 is 23.4 Å². The number of rotatable bonds is 6. The average Bonchev–Trinajstić information content (AvgIpc) is 2.82. The lowest BCUT2D eigenvalue weighted by Crippen LogP contribution is -2.40. The van der Waals surface area contributed by atoms with E-state index >= 15 is 0 Å². The van der Waals surface area contributed by atoms with Gasteiger partial charge in [-0.25, -0.2) is 9.67 Å². The molecule has 2 N–H and O–H groups in total. The van der Waals surface area contributed by atoms with Crippen molar-refractivity contribution in [2.75, 3.05) is 31.6 Å². The van der Waals surface area contributed by atoms with Crippen LogP contribution in [-0.4, -0.2) is 63.0 Å². The fourth-order valence-corrected chi connectivity index (χ4v) is 3.54. The molecule has 170 valence electrons. The molecule has 0 bridgehead atoms. The van der Waals surface area contributed by atoms with Gasteiger partial charge >= 0.3 is 5.97 Å². The lowest BCUT2D eigenvalue weighted by Gasteiger charge is -2.26. The minimum Gasteiger partial charge on any atom is -0.481 e. The number of benzene rings is 1. The Morgan fingerprint density at radius 3 is 2.64 bits per heavy atom. The first kappa shape index (κ1) is 22.2. The van der Waals surface area contributed by atoms with Crippen LogP contribution in [-0.2, 0) is 23.0 Å². The molecule has 33 heavy (non-hydrogen) atoms. The summed E-state index contributed by atoms with van der Waals surface area (Å²) < 4.78 is 6.48. The predicted molar refractivity (Wildman–Crippen MR) is 120 cm³/mol. The molecule has 2 aromatic heterocycles. The molecule has 1 aliphatic heterocycles. The van der Waals surface area contributed by atoms with Crippen LogP contribution < -0.4 is 10.9 Å². The number of hydrogen-bond acceptors (Lipinski definition) is 7. The van der Waals surface area contributed by atoms with Gasteiger partial charge in [-0.1, -0.05) is 18.2 Å². The molecule has 3 heterocycles. The van der Waals surface area contributed by atoms with Gasteiger partial charge in [0.1, 0.15) is 11.5 Å². The van der Waals surface area contributed by atoms with Gasteiger partial charge in [-0.05, 0) is 29.8 Å². The number of hydrogen-bond donors (Lipinski definition) is 2. The van der Waals surface area contributed by atoms with E-state index in [9.17, 15) is 14.4 Å². The fraction of sp³-hybridized carbons (Fsp3) is 0.261. The number of amides is 1. The first-order valence-corrected chi connectivity index (χ1v) is 10.4. The van der Waals surface area contributed by atoms with E-state index in [0.29, 0.717) is 54.5 Å². The lowest BCUT2D eigenvalue weighted by atomic mass is 10.1. The number of morpholine rings is 1. The monoisotopic (exact) mass is 449 g/mol. The molecule has 0 aliphatic carbocycles. The van der Waals surface area contributed by atoms with Gasteiger partial charge in [0.05, 0.1) is 30.9 Å². The number of aliphatic carboxylic acids is 1. The van der Waals surface area contributed by atoms with Crippen molar-refractivity contribution in [1.82, 2.24) is 19.7 Å². The maximum atomic E-state index is 12.6. The fourth-order valence-electron chi connectivity index (χ4n) is 3.54. The van der Waals surface area contributed by atoms with Crippen molar-refractivity contribution in [2.45, 2.75) is 6.42 Å². The number of carbonyl (C=O) groups is 2. The van der Waals surface area contributed by atoms with Gasteiger partial charge in [0.25, 0.3) is 11.5 Å². The van der Waals surface area contributed by atoms with Gasteiger partial charge in [-0.15, -0.1) is 0 Å². The zero-order chi connectivity index (χ0) is 23.4. The molecule has 10 nitrogen and oxygen atoms in total. The third-order valence-electron chi connectivity index (χ3n) is 5.21. The Morgan fingerprint density at radius 2 is 1.94 bits per heavy atom. The van der Waals surface area contributed by atoms with Gasteiger partial charge in [-0.3, -0.25) is 14.4 Å². The highest BCUT2D eigenvalue weighted by molar-refractivity contribution is 5.94. The Bertz CT molecular complexity index is 1230. The molecule has 1 amide bonds. The van der Waals surface area contributed by atoms with Crippen LogP contribution in [0.3, 0.4) is 0 Å². The van der Waals surface area contributed by atoms with Gasteiger partial charge < -0.3 is 20.1 Å². The minimum absolute atomic E-state index is 0.107. The van der Waals surface area contributed by atoms with E-state index in [0.717, 1.165) is 0 Å². The number of nitrogens with one attached hydrogen (secondary N) is 1. The maximum Gasteiger partial charge on any atom is 0.307 e. The summed E-state index contributed by atoms with van der Waals surface area (Å²) in [7, 11) is 1.54. The van der Waals surface area contributed by atoms with Gasteiger partial charge in [0.2, 0.25) is 0 Å². The summed E-state index contributed by atoms with van der Waals surface area (Å²) in [5.74, 6) is -0.632. The van der Waals surface area contributed by atoms with Crippen molar-refractivity contribution in [3.8, 4) is 11.3 Å². The van der Waals surface area contributed by atoms with Gasteiger partial charge in [-0.2, -0.15) is 5.10 Å². The van der Waals surface area contributed by atoms with Crippen molar-refractivity contribution in [1.29, 1.82) is 0 Å². The number of carboxylic acid groups (broad SMARTS) is 1. The van der Waals surface area contributed by atoms with E-state index in [2.05, 4.69) is 15.4 Å². The molecule has 0 atom stereocenters. The number of pyridine rings is 1. The molecule has 0 unspecified atom stereocenters. The molecule has 4 rings (SSSR count). The van der Waals surface area contributed by atoms with Crippen LogP contribution in [0.2, 0.25) is 0 Å². The van der Waals surface area contributed by atoms with Crippen LogP contribution in [0, 0.1) is 0 Å². The number of ether oxygens (including phenoxy) is 1. The highest BCUT2D eigenvalue weighted by Crippen LogP contribution is 2.21. The number of nitrogens with zero attached hydrogens (tertiary/aromatic N) is 4. The van der Waals surface area contributed by atoms with Crippen LogP contribution in [0.5, 0.6) is 0 Å². The number of carbonyl (C=O) groups excluding carboxylic acids is 1. The van der Waals surface area contributed by atoms with E-state index in [1.165, 1.54) is 17.9 Å². The molecule has 0 radical (unpaired) electrons. The molecule has 0 saturated carbocycles. The summed E-state index contributed by atoms with van der Waals surface area (Å²) >= 11 is 0. The first-order valence-electron chi connectivity index (χ1n) is 10.4. The molecular formula is C23H23N5O5. The van der Waals surface area contributed by atoms with Crippen molar-refractivity contribution in [2.24, 2.45) is 7.05 Å². The van der Waals surface area contributed by atoms with Gasteiger partial charge in [0.15, 0.2) is 0 Å². The Morgan fingerprint density at radius 1 is 1.15 bits per heavy atom. The highest BCUT2D eigenvalue weighted by Gasteiger charge is 2.19. The number of aromatic nitrogens is 3. The topological polar surface area (TPSA) is 127 Å². The molecule has 1 saturated heterocycles. The number of carboxylic acids is 1. The zero-order valence-electron chi connectivity index (χ0n) is 18.0. The van der Waals surface area contributed by atoms with Crippen molar-refractivity contribution in [3.05, 3.63) is 70.1 Å². The van der Waals surface area contributed by atoms with E-state index in [-0.39, 0.29) is 23.6 Å². The van der Waals surface area contributed by atoms with Crippen LogP contribution in [0.25, 0.3) is 11.3 Å². The normalized spacial score (nSPS) is 13.5. The second kappa shape index (κ2) is 9.61. The molecule has 1 fully saturated rings. The summed E-state index contributed by atoms with van der Waals surface area (Å²) in [6, 6.07) is 11.9. The second-order valence-corrected chi connectivity index (χ2v) is 7.60. The van der Waals surface area contributed by atoms with E-state index in [4.69, 9.17) is 9.84 Å². The molecule has 0 spiro atoms. The third kappa shape index (κ3) is 5.24. The molecule has 10 heteroatoms. The van der Waals surface area contributed by atoms with Crippen molar-refractivity contribution < 1.29 is 19.4 Å². The summed E-state index contributed by atoms with van der Waals surface area (Å²) in [6.07, 6.45) is 1.37. The largest absolute Gasteiger partial charge is 0.481 e. The smallest absolute Gasteiger partial charge is 0.307 e. The highest BCUT2D eigenvalue weighted by atomic mass is 16.5. The summed E-state index contributed by atoms with van der Waals surface area (Å²) in [5.41, 5.74) is 2.19. The SMILES string of the molecule is Cn1nc(-c2cccc(CC(=O)O)c2)cc(Nc2ccc(C(=O)N3CCOCC3)cn2)c1=O. The van der Waals surface area contributed by atoms with Crippen LogP contribution in [0.1, 0.15) is 15.9 Å². The molecule has 1 aliphatic rings.